The molecule has 1 N–H and O–H groups in total. The highest BCUT2D eigenvalue weighted by Crippen LogP contribution is 2.35. The number of amides is 1. The Hall–Kier alpha value is -2.90. The van der Waals surface area contributed by atoms with Crippen LogP contribution in [0.4, 0.5) is 11.4 Å². The molecule has 1 amide bonds. The fraction of sp³-hybridized carbons (Fsp3) is 0.524. The Kier molecular flexibility index (Phi) is 6.20. The highest BCUT2D eigenvalue weighted by Gasteiger charge is 2.37. The van der Waals surface area contributed by atoms with Crippen molar-refractivity contribution in [3.8, 4) is 0 Å². The molecule has 2 aliphatic rings. The third-order valence-corrected chi connectivity index (χ3v) is 5.75. The third-order valence-electron chi connectivity index (χ3n) is 5.75. The first-order chi connectivity index (χ1) is 13.8. The number of hydrogen-bond acceptors (Lipinski definition) is 5. The number of nitrogens with zero attached hydrogens (tertiary/aromatic N) is 3. The summed E-state index contributed by atoms with van der Waals surface area (Å²) in [5.74, 6) is -0.908. The van der Waals surface area contributed by atoms with Gasteiger partial charge in [-0.05, 0) is 36.8 Å². The zero-order valence-corrected chi connectivity index (χ0v) is 16.8. The zero-order chi connectivity index (χ0) is 21.1. The maximum atomic E-state index is 13.2. The first-order valence-corrected chi connectivity index (χ1v) is 10.1. The highest BCUT2D eigenvalue weighted by molar-refractivity contribution is 5.92. The van der Waals surface area contributed by atoms with E-state index < -0.39 is 16.9 Å². The van der Waals surface area contributed by atoms with E-state index in [0.29, 0.717) is 12.5 Å². The van der Waals surface area contributed by atoms with E-state index in [1.54, 1.807) is 22.2 Å². The molecule has 0 unspecified atom stereocenters. The molecule has 8 nitrogen and oxygen atoms in total. The largest absolute Gasteiger partial charge is 0.478 e. The monoisotopic (exact) mass is 401 g/mol. The Morgan fingerprint density at radius 1 is 1.24 bits per heavy atom. The minimum absolute atomic E-state index is 0.0790. The SMILES string of the molecule is CC(C)[C@H]1C(=O)N(CC2CCCCC2)C=CN1c1ccc(C(=O)O)cc1[N+](=O)[O-]. The number of carboxylic acids is 1. The molecule has 29 heavy (non-hydrogen) atoms. The summed E-state index contributed by atoms with van der Waals surface area (Å²) in [6.45, 7) is 4.49. The summed E-state index contributed by atoms with van der Waals surface area (Å²) in [5.41, 5.74) is -0.262. The number of carbonyl (C=O) groups excluding carboxylic acids is 1. The van der Waals surface area contributed by atoms with E-state index in [4.69, 9.17) is 5.11 Å². The summed E-state index contributed by atoms with van der Waals surface area (Å²) >= 11 is 0. The Labute approximate surface area is 169 Å². The van der Waals surface area contributed by atoms with Crippen molar-refractivity contribution < 1.29 is 19.6 Å². The maximum absolute atomic E-state index is 13.2. The van der Waals surface area contributed by atoms with Crippen LogP contribution in [0.1, 0.15) is 56.3 Å². The maximum Gasteiger partial charge on any atom is 0.335 e. The molecule has 1 aliphatic heterocycles. The van der Waals surface area contributed by atoms with Gasteiger partial charge in [0.25, 0.3) is 5.69 Å². The van der Waals surface area contributed by atoms with Crippen LogP contribution in [-0.2, 0) is 4.79 Å². The Bertz CT molecular complexity index is 830. The standard InChI is InChI=1S/C21H27N3O5/c1-14(2)19-20(25)22(13-15-6-4-3-5-7-15)10-11-23(19)17-9-8-16(21(26)27)12-18(17)24(28)29/h8-12,14-15,19H,3-7,13H2,1-2H3,(H,26,27)/t19-/m0/s1. The number of rotatable bonds is 6. The number of aromatic carboxylic acids is 1. The van der Waals surface area contributed by atoms with Crippen LogP contribution in [0, 0.1) is 22.0 Å². The van der Waals surface area contributed by atoms with E-state index in [2.05, 4.69) is 0 Å². The van der Waals surface area contributed by atoms with Crippen LogP contribution in [0.2, 0.25) is 0 Å². The normalized spacial score (nSPS) is 20.4. The molecule has 8 heteroatoms. The van der Waals surface area contributed by atoms with E-state index in [1.807, 2.05) is 13.8 Å². The van der Waals surface area contributed by atoms with E-state index in [1.165, 1.54) is 31.4 Å². The van der Waals surface area contributed by atoms with Crippen LogP contribution in [-0.4, -0.2) is 39.4 Å². The minimum atomic E-state index is -1.23. The van der Waals surface area contributed by atoms with Crippen molar-refractivity contribution in [1.82, 2.24) is 4.90 Å². The van der Waals surface area contributed by atoms with Gasteiger partial charge in [-0.25, -0.2) is 4.79 Å². The molecule has 1 fully saturated rings. The average Bonchev–Trinajstić information content (AvgIpc) is 2.69. The van der Waals surface area contributed by atoms with E-state index in [-0.39, 0.29) is 28.8 Å². The Balaban J connectivity index is 1.94. The topological polar surface area (TPSA) is 104 Å². The summed E-state index contributed by atoms with van der Waals surface area (Å²) in [6, 6.07) is 3.19. The number of carboxylic acid groups (broad SMARTS) is 1. The second kappa shape index (κ2) is 8.63. The number of nitro benzene ring substituents is 1. The molecule has 1 atom stereocenters. The zero-order valence-electron chi connectivity index (χ0n) is 16.8. The van der Waals surface area contributed by atoms with Gasteiger partial charge in [0.2, 0.25) is 5.91 Å². The van der Waals surface area contributed by atoms with Gasteiger partial charge in [0.1, 0.15) is 11.7 Å². The first kappa shape index (κ1) is 20.8. The lowest BCUT2D eigenvalue weighted by Crippen LogP contribution is -2.52. The van der Waals surface area contributed by atoms with E-state index >= 15 is 0 Å². The fourth-order valence-electron chi connectivity index (χ4n) is 4.26. The molecule has 1 aliphatic carbocycles. The van der Waals surface area contributed by atoms with Gasteiger partial charge >= 0.3 is 5.97 Å². The Morgan fingerprint density at radius 2 is 1.93 bits per heavy atom. The van der Waals surface area contributed by atoms with Crippen LogP contribution in [0.3, 0.4) is 0 Å². The summed E-state index contributed by atoms with van der Waals surface area (Å²) in [5, 5.41) is 20.7. The van der Waals surface area contributed by atoms with Crippen molar-refractivity contribution in [3.05, 3.63) is 46.3 Å². The van der Waals surface area contributed by atoms with Gasteiger partial charge in [-0.15, -0.1) is 0 Å². The second-order valence-electron chi connectivity index (χ2n) is 8.15. The lowest BCUT2D eigenvalue weighted by molar-refractivity contribution is -0.384. The van der Waals surface area contributed by atoms with Crippen molar-refractivity contribution in [3.63, 3.8) is 0 Å². The van der Waals surface area contributed by atoms with Crippen molar-refractivity contribution in [2.45, 2.75) is 52.0 Å². The quantitative estimate of drug-likeness (QED) is 0.570. The fourth-order valence-corrected chi connectivity index (χ4v) is 4.26. The molecule has 0 aromatic heterocycles. The minimum Gasteiger partial charge on any atom is -0.478 e. The number of benzene rings is 1. The molecule has 0 radical (unpaired) electrons. The van der Waals surface area contributed by atoms with Crippen LogP contribution >= 0.6 is 0 Å². The van der Waals surface area contributed by atoms with Crippen molar-refractivity contribution in [2.24, 2.45) is 11.8 Å². The lowest BCUT2D eigenvalue weighted by atomic mass is 9.88. The van der Waals surface area contributed by atoms with Gasteiger partial charge in [-0.1, -0.05) is 33.1 Å². The molecular weight excluding hydrogens is 374 g/mol. The van der Waals surface area contributed by atoms with Crippen LogP contribution in [0.25, 0.3) is 0 Å². The average molecular weight is 401 g/mol. The number of nitro groups is 1. The molecule has 1 heterocycles. The molecule has 1 saturated carbocycles. The summed E-state index contributed by atoms with van der Waals surface area (Å²) in [4.78, 5) is 38.8. The lowest BCUT2D eigenvalue weighted by Gasteiger charge is -2.40. The number of anilines is 1. The third kappa shape index (κ3) is 4.41. The van der Waals surface area contributed by atoms with Gasteiger partial charge in [-0.3, -0.25) is 14.9 Å². The molecule has 0 saturated heterocycles. The smallest absolute Gasteiger partial charge is 0.335 e. The van der Waals surface area contributed by atoms with Crippen LogP contribution < -0.4 is 4.90 Å². The van der Waals surface area contributed by atoms with Crippen molar-refractivity contribution in [2.75, 3.05) is 11.4 Å². The number of carbonyl (C=O) groups is 2. The van der Waals surface area contributed by atoms with Gasteiger partial charge in [0, 0.05) is 25.0 Å². The van der Waals surface area contributed by atoms with Crippen LogP contribution in [0.15, 0.2) is 30.6 Å². The highest BCUT2D eigenvalue weighted by atomic mass is 16.6. The molecule has 0 bridgehead atoms. The molecule has 3 rings (SSSR count). The first-order valence-electron chi connectivity index (χ1n) is 10.1. The Morgan fingerprint density at radius 3 is 2.52 bits per heavy atom. The predicted molar refractivity (Wildman–Crippen MR) is 109 cm³/mol. The molecule has 156 valence electrons. The second-order valence-corrected chi connectivity index (χ2v) is 8.15. The van der Waals surface area contributed by atoms with E-state index in [9.17, 15) is 19.7 Å². The number of hydrogen-bond donors (Lipinski definition) is 1. The summed E-state index contributed by atoms with van der Waals surface area (Å²) in [6.07, 6.45) is 9.28. The molecule has 0 spiro atoms. The van der Waals surface area contributed by atoms with Gasteiger partial charge in [0.05, 0.1) is 10.5 Å². The predicted octanol–water partition coefficient (Wildman–Crippen LogP) is 4.02. The molecule has 1 aromatic rings. The van der Waals surface area contributed by atoms with Crippen molar-refractivity contribution in [1.29, 1.82) is 0 Å². The van der Waals surface area contributed by atoms with E-state index in [0.717, 1.165) is 18.9 Å². The van der Waals surface area contributed by atoms with Crippen LogP contribution in [0.5, 0.6) is 0 Å². The van der Waals surface area contributed by atoms with Gasteiger partial charge < -0.3 is 14.9 Å². The summed E-state index contributed by atoms with van der Waals surface area (Å²) < 4.78 is 0. The van der Waals surface area contributed by atoms with Gasteiger partial charge in [0.15, 0.2) is 0 Å². The molecule has 1 aromatic carbocycles. The van der Waals surface area contributed by atoms with Gasteiger partial charge in [-0.2, -0.15) is 0 Å². The van der Waals surface area contributed by atoms with Crippen molar-refractivity contribution >= 4 is 23.3 Å². The molecular formula is C21H27N3O5. The summed E-state index contributed by atoms with van der Waals surface area (Å²) in [7, 11) is 0.